The average Bonchev–Trinajstić information content (AvgIpc) is 2.87. The van der Waals surface area contributed by atoms with Gasteiger partial charge in [0.1, 0.15) is 11.4 Å². The molecule has 3 heterocycles. The highest BCUT2D eigenvalue weighted by molar-refractivity contribution is 6.06. The molecule has 1 saturated heterocycles. The number of morpholine rings is 1. The number of benzene rings is 1. The minimum Gasteiger partial charge on any atom is -0.386 e. The number of H-pyrrole nitrogens is 1. The van der Waals surface area contributed by atoms with Crippen molar-refractivity contribution in [3.05, 3.63) is 58.2 Å². The number of hydrogen-bond donors (Lipinski definition) is 4. The number of aromatic nitrogens is 3. The number of ether oxygens (including phenoxy) is 1. The molecule has 12 heteroatoms. The molecule has 0 saturated carbocycles. The average molecular weight is 484 g/mol. The summed E-state index contributed by atoms with van der Waals surface area (Å²) in [4.78, 5) is 50.2. The lowest BCUT2D eigenvalue weighted by Gasteiger charge is -2.26. The van der Waals surface area contributed by atoms with E-state index >= 15 is 0 Å². The molecule has 0 radical (unpaired) electrons. The van der Waals surface area contributed by atoms with E-state index in [1.54, 1.807) is 7.05 Å². The number of carbonyl (C=O) groups excluding carboxylic acids is 2. The molecule has 3 aromatic rings. The van der Waals surface area contributed by atoms with Crippen molar-refractivity contribution >= 4 is 34.1 Å². The SMILES string of the molecule is CNc1cc(F)cc2cc(C(=O)Nc3cnc(C(=O)NCCCN4CCOCC4)nc3)c(=O)[nH]c12. The summed E-state index contributed by atoms with van der Waals surface area (Å²) in [6, 6.07) is 3.78. The summed E-state index contributed by atoms with van der Waals surface area (Å²) in [5, 5.41) is 8.46. The molecule has 1 aromatic carbocycles. The molecular formula is C23H26FN7O4. The standard InChI is InChI=1S/C23H26FN7O4/c1-25-18-11-15(24)9-14-10-17(22(33)30-19(14)18)21(32)29-16-12-27-20(28-13-16)23(34)26-3-2-4-31-5-7-35-8-6-31/h9-13,25H,2-8H2,1H3,(H,26,34)(H,29,32)(H,30,33). The van der Waals surface area contributed by atoms with Crippen molar-refractivity contribution in [2.75, 3.05) is 57.1 Å². The zero-order valence-electron chi connectivity index (χ0n) is 19.2. The van der Waals surface area contributed by atoms with Crippen LogP contribution in [0.2, 0.25) is 0 Å². The second kappa shape index (κ2) is 11.0. The first kappa shape index (κ1) is 24.2. The molecule has 0 unspecified atom stereocenters. The Bertz CT molecular complexity index is 1270. The predicted molar refractivity (Wildman–Crippen MR) is 128 cm³/mol. The monoisotopic (exact) mass is 483 g/mol. The largest absolute Gasteiger partial charge is 0.386 e. The van der Waals surface area contributed by atoms with Crippen LogP contribution in [0.15, 0.2) is 35.4 Å². The highest BCUT2D eigenvalue weighted by Gasteiger charge is 2.16. The minimum atomic E-state index is -0.715. The maximum atomic E-state index is 13.9. The Morgan fingerprint density at radius 1 is 1.14 bits per heavy atom. The van der Waals surface area contributed by atoms with E-state index in [2.05, 4.69) is 35.8 Å². The summed E-state index contributed by atoms with van der Waals surface area (Å²) >= 11 is 0. The molecule has 35 heavy (non-hydrogen) atoms. The third-order valence-corrected chi connectivity index (χ3v) is 5.58. The van der Waals surface area contributed by atoms with Crippen molar-refractivity contribution in [2.24, 2.45) is 0 Å². The van der Waals surface area contributed by atoms with Crippen LogP contribution in [0, 0.1) is 5.82 Å². The van der Waals surface area contributed by atoms with Gasteiger partial charge in [0.25, 0.3) is 17.4 Å². The fourth-order valence-electron chi connectivity index (χ4n) is 3.77. The highest BCUT2D eigenvalue weighted by atomic mass is 19.1. The molecule has 4 N–H and O–H groups in total. The number of nitrogens with one attached hydrogen (secondary N) is 4. The highest BCUT2D eigenvalue weighted by Crippen LogP contribution is 2.22. The van der Waals surface area contributed by atoms with Crippen LogP contribution in [0.5, 0.6) is 0 Å². The van der Waals surface area contributed by atoms with Gasteiger partial charge in [0, 0.05) is 32.1 Å². The number of carbonyl (C=O) groups is 2. The van der Waals surface area contributed by atoms with E-state index in [4.69, 9.17) is 4.74 Å². The van der Waals surface area contributed by atoms with E-state index in [1.807, 2.05) is 0 Å². The lowest BCUT2D eigenvalue weighted by atomic mass is 10.1. The normalized spacial score (nSPS) is 14.0. The molecule has 0 spiro atoms. The fourth-order valence-corrected chi connectivity index (χ4v) is 3.77. The van der Waals surface area contributed by atoms with Gasteiger partial charge >= 0.3 is 0 Å². The van der Waals surface area contributed by atoms with Gasteiger partial charge in [0.15, 0.2) is 0 Å². The molecule has 0 aliphatic carbocycles. The molecule has 0 atom stereocenters. The third-order valence-electron chi connectivity index (χ3n) is 5.58. The first-order chi connectivity index (χ1) is 16.9. The fraction of sp³-hybridized carbons (Fsp3) is 0.348. The summed E-state index contributed by atoms with van der Waals surface area (Å²) in [5.41, 5.74) is 0.152. The van der Waals surface area contributed by atoms with Gasteiger partial charge in [-0.3, -0.25) is 19.3 Å². The van der Waals surface area contributed by atoms with Gasteiger partial charge in [-0.15, -0.1) is 0 Å². The minimum absolute atomic E-state index is 0.0343. The Labute approximate surface area is 200 Å². The molecular weight excluding hydrogens is 457 g/mol. The number of aromatic amines is 1. The summed E-state index contributed by atoms with van der Waals surface area (Å²) in [5.74, 6) is -1.68. The Morgan fingerprint density at radius 3 is 2.60 bits per heavy atom. The van der Waals surface area contributed by atoms with Gasteiger partial charge in [-0.05, 0) is 31.2 Å². The van der Waals surface area contributed by atoms with Gasteiger partial charge in [-0.2, -0.15) is 0 Å². The maximum Gasteiger partial charge on any atom is 0.289 e. The van der Waals surface area contributed by atoms with Crippen molar-refractivity contribution in [3.8, 4) is 0 Å². The van der Waals surface area contributed by atoms with E-state index < -0.39 is 23.2 Å². The number of nitrogens with zero attached hydrogens (tertiary/aromatic N) is 3. The van der Waals surface area contributed by atoms with E-state index in [0.717, 1.165) is 39.3 Å². The van der Waals surface area contributed by atoms with Gasteiger partial charge in [0.2, 0.25) is 5.82 Å². The van der Waals surface area contributed by atoms with Crippen LogP contribution < -0.4 is 21.5 Å². The summed E-state index contributed by atoms with van der Waals surface area (Å²) in [7, 11) is 1.60. The zero-order chi connectivity index (χ0) is 24.8. The van der Waals surface area contributed by atoms with Gasteiger partial charge in [-0.25, -0.2) is 14.4 Å². The number of fused-ring (bicyclic) bond motifs is 1. The number of pyridine rings is 1. The van der Waals surface area contributed by atoms with Crippen molar-refractivity contribution in [1.29, 1.82) is 0 Å². The number of hydrogen-bond acceptors (Lipinski definition) is 8. The van der Waals surface area contributed by atoms with Crippen LogP contribution in [0.4, 0.5) is 15.8 Å². The smallest absolute Gasteiger partial charge is 0.289 e. The Kier molecular flexibility index (Phi) is 7.63. The van der Waals surface area contributed by atoms with Gasteiger partial charge in [-0.1, -0.05) is 0 Å². The number of halogens is 1. The molecule has 4 rings (SSSR count). The number of amides is 2. The Morgan fingerprint density at radius 2 is 1.89 bits per heavy atom. The van der Waals surface area contributed by atoms with E-state index in [0.29, 0.717) is 23.1 Å². The second-order valence-electron chi connectivity index (χ2n) is 7.99. The lowest BCUT2D eigenvalue weighted by molar-refractivity contribution is 0.0374. The van der Waals surface area contributed by atoms with Crippen LogP contribution in [0.3, 0.4) is 0 Å². The molecule has 184 valence electrons. The van der Waals surface area contributed by atoms with Crippen molar-refractivity contribution in [2.45, 2.75) is 6.42 Å². The molecule has 2 amide bonds. The molecule has 1 aliphatic rings. The maximum absolute atomic E-state index is 13.9. The molecule has 11 nitrogen and oxygen atoms in total. The van der Waals surface area contributed by atoms with E-state index in [1.165, 1.54) is 30.6 Å². The van der Waals surface area contributed by atoms with Crippen LogP contribution in [0.1, 0.15) is 27.4 Å². The van der Waals surface area contributed by atoms with E-state index in [-0.39, 0.29) is 17.1 Å². The van der Waals surface area contributed by atoms with Crippen LogP contribution >= 0.6 is 0 Å². The topological polar surface area (TPSA) is 141 Å². The summed E-state index contributed by atoms with van der Waals surface area (Å²) < 4.78 is 19.2. The van der Waals surface area contributed by atoms with Gasteiger partial charge in [0.05, 0.1) is 42.5 Å². The van der Waals surface area contributed by atoms with Crippen molar-refractivity contribution in [3.63, 3.8) is 0 Å². The lowest BCUT2D eigenvalue weighted by Crippen LogP contribution is -2.38. The summed E-state index contributed by atoms with van der Waals surface area (Å²) in [6.45, 7) is 4.60. The van der Waals surface area contributed by atoms with Crippen molar-refractivity contribution in [1.82, 2.24) is 25.2 Å². The molecule has 1 aliphatic heterocycles. The molecule has 1 fully saturated rings. The summed E-state index contributed by atoms with van der Waals surface area (Å²) in [6.07, 6.45) is 3.35. The first-order valence-electron chi connectivity index (χ1n) is 11.2. The predicted octanol–water partition coefficient (Wildman–Crippen LogP) is 1.20. The quantitative estimate of drug-likeness (QED) is 0.350. The molecule has 2 aromatic heterocycles. The van der Waals surface area contributed by atoms with E-state index in [9.17, 15) is 18.8 Å². The zero-order valence-corrected chi connectivity index (χ0v) is 19.2. The Hall–Kier alpha value is -3.90. The van der Waals surface area contributed by atoms with Crippen LogP contribution in [-0.2, 0) is 4.74 Å². The second-order valence-corrected chi connectivity index (χ2v) is 7.99. The number of anilines is 2. The third kappa shape index (κ3) is 5.97. The first-order valence-corrected chi connectivity index (χ1v) is 11.2. The van der Waals surface area contributed by atoms with Gasteiger partial charge < -0.3 is 25.7 Å². The molecule has 0 bridgehead atoms. The Balaban J connectivity index is 1.35. The van der Waals surface area contributed by atoms with Crippen molar-refractivity contribution < 1.29 is 18.7 Å². The van der Waals surface area contributed by atoms with Crippen LogP contribution in [0.25, 0.3) is 10.9 Å². The van der Waals surface area contributed by atoms with Crippen LogP contribution in [-0.4, -0.2) is 78.1 Å². The number of rotatable bonds is 8.